The van der Waals surface area contributed by atoms with Crippen LogP contribution in [0.25, 0.3) is 9.88 Å². The molecule has 2 aromatic heterocycles. The lowest BCUT2D eigenvalue weighted by Crippen LogP contribution is -2.35. The molecule has 0 saturated carbocycles. The average Bonchev–Trinajstić information content (AvgIpc) is 2.91. The van der Waals surface area contributed by atoms with E-state index in [0.717, 1.165) is 22.4 Å². The van der Waals surface area contributed by atoms with Crippen LogP contribution in [0, 0.1) is 5.92 Å². The van der Waals surface area contributed by atoms with Gasteiger partial charge in [-0.3, -0.25) is 0 Å². The van der Waals surface area contributed by atoms with Crippen LogP contribution in [0.15, 0.2) is 15.9 Å². The molecule has 0 radical (unpaired) electrons. The third-order valence-corrected chi connectivity index (χ3v) is 5.90. The van der Waals surface area contributed by atoms with Crippen LogP contribution >= 0.6 is 38.6 Å². The summed E-state index contributed by atoms with van der Waals surface area (Å²) in [6.07, 6.45) is 1.05. The highest BCUT2D eigenvalue weighted by Crippen LogP contribution is 2.35. The maximum Gasteiger partial charge on any atom is 0.133 e. The van der Waals surface area contributed by atoms with E-state index in [0.29, 0.717) is 5.92 Å². The smallest absolute Gasteiger partial charge is 0.133 e. The number of aromatic nitrogens is 1. The van der Waals surface area contributed by atoms with Crippen LogP contribution in [0.3, 0.4) is 0 Å². The summed E-state index contributed by atoms with van der Waals surface area (Å²) in [5, 5.41) is 6.85. The Morgan fingerprint density at radius 2 is 2.05 bits per heavy atom. The fourth-order valence-corrected chi connectivity index (χ4v) is 4.46. The van der Waals surface area contributed by atoms with E-state index in [1.54, 1.807) is 11.3 Å². The maximum absolute atomic E-state index is 4.90. The Bertz CT molecular complexity index is 594. The molecule has 0 atom stereocenters. The zero-order valence-electron chi connectivity index (χ0n) is 13.3. The molecule has 0 aliphatic carbocycles. The number of halogens is 1. The Kier molecular flexibility index (Phi) is 5.63. The summed E-state index contributed by atoms with van der Waals surface area (Å²) in [6, 6.07) is 2.16. The number of rotatable bonds is 5. The maximum atomic E-state index is 4.90. The first-order valence-electron chi connectivity index (χ1n) is 7.22. The predicted molar refractivity (Wildman–Crippen MR) is 98.3 cm³/mol. The van der Waals surface area contributed by atoms with Gasteiger partial charge in [0.2, 0.25) is 0 Å². The lowest BCUT2D eigenvalue weighted by Gasteiger charge is -2.20. The Morgan fingerprint density at radius 1 is 1.33 bits per heavy atom. The molecule has 0 spiro atoms. The zero-order chi connectivity index (χ0) is 15.6. The molecule has 0 saturated heterocycles. The molecular formula is C16H23BrN2S2. The molecule has 2 rings (SSSR count). The van der Waals surface area contributed by atoms with Gasteiger partial charge in [-0.2, -0.15) is 0 Å². The molecular weight excluding hydrogens is 364 g/mol. The van der Waals surface area contributed by atoms with E-state index in [-0.39, 0.29) is 5.54 Å². The van der Waals surface area contributed by atoms with Crippen LogP contribution in [0.1, 0.15) is 45.2 Å². The first-order chi connectivity index (χ1) is 9.74. The lowest BCUT2D eigenvalue weighted by atomic mass is 10.1. The predicted octanol–water partition coefficient (Wildman–Crippen LogP) is 5.72. The highest BCUT2D eigenvalue weighted by atomic mass is 79.9. The van der Waals surface area contributed by atoms with Crippen molar-refractivity contribution in [2.24, 2.45) is 5.92 Å². The van der Waals surface area contributed by atoms with Crippen LogP contribution in [0.5, 0.6) is 0 Å². The summed E-state index contributed by atoms with van der Waals surface area (Å²) in [7, 11) is 0. The molecule has 0 bridgehead atoms. The molecule has 0 unspecified atom stereocenters. The van der Waals surface area contributed by atoms with Crippen molar-refractivity contribution in [2.45, 2.75) is 53.1 Å². The Hall–Kier alpha value is -0.230. The molecule has 2 aromatic rings. The third kappa shape index (κ3) is 5.16. The highest BCUT2D eigenvalue weighted by molar-refractivity contribution is 9.10. The van der Waals surface area contributed by atoms with Crippen molar-refractivity contribution in [1.29, 1.82) is 0 Å². The summed E-state index contributed by atoms with van der Waals surface area (Å²) in [4.78, 5) is 7.52. The second-order valence-electron chi connectivity index (χ2n) is 6.72. The SMILES string of the molecule is CC(C)Cc1nc(-c2cc(Br)cs2)sc1CNC(C)(C)C. The number of nitrogens with one attached hydrogen (secondary N) is 1. The zero-order valence-corrected chi connectivity index (χ0v) is 16.5. The van der Waals surface area contributed by atoms with Gasteiger partial charge in [0.15, 0.2) is 0 Å². The minimum Gasteiger partial charge on any atom is -0.307 e. The topological polar surface area (TPSA) is 24.9 Å². The van der Waals surface area contributed by atoms with Gasteiger partial charge in [0, 0.05) is 26.8 Å². The second kappa shape index (κ2) is 6.90. The molecule has 0 fully saturated rings. The van der Waals surface area contributed by atoms with E-state index in [4.69, 9.17) is 4.98 Å². The number of hydrogen-bond donors (Lipinski definition) is 1. The summed E-state index contributed by atoms with van der Waals surface area (Å²) in [6.45, 7) is 12.0. The Morgan fingerprint density at radius 3 is 2.57 bits per heavy atom. The first kappa shape index (κ1) is 17.1. The number of hydrogen-bond acceptors (Lipinski definition) is 4. The van der Waals surface area contributed by atoms with Crippen molar-refractivity contribution in [2.75, 3.05) is 0 Å². The molecule has 2 heterocycles. The van der Waals surface area contributed by atoms with Gasteiger partial charge >= 0.3 is 0 Å². The van der Waals surface area contributed by atoms with Crippen molar-refractivity contribution in [1.82, 2.24) is 10.3 Å². The van der Waals surface area contributed by atoms with Crippen LogP contribution < -0.4 is 5.32 Å². The van der Waals surface area contributed by atoms with Crippen molar-refractivity contribution < 1.29 is 0 Å². The fraction of sp³-hybridized carbons (Fsp3) is 0.562. The number of thiazole rings is 1. The van der Waals surface area contributed by atoms with E-state index in [2.05, 4.69) is 67.3 Å². The molecule has 0 aliphatic rings. The Balaban J connectivity index is 2.26. The molecule has 0 aromatic carbocycles. The van der Waals surface area contributed by atoms with Gasteiger partial charge in [-0.25, -0.2) is 4.98 Å². The minimum absolute atomic E-state index is 0.130. The van der Waals surface area contributed by atoms with Crippen LogP contribution in [0.2, 0.25) is 0 Å². The quantitative estimate of drug-likeness (QED) is 0.710. The fourth-order valence-electron chi connectivity index (χ4n) is 1.94. The van der Waals surface area contributed by atoms with E-state index < -0.39 is 0 Å². The largest absolute Gasteiger partial charge is 0.307 e. The minimum atomic E-state index is 0.130. The molecule has 21 heavy (non-hydrogen) atoms. The summed E-state index contributed by atoms with van der Waals surface area (Å²) >= 11 is 7.10. The Labute approximate surface area is 144 Å². The van der Waals surface area contributed by atoms with Crippen molar-refractivity contribution >= 4 is 38.6 Å². The van der Waals surface area contributed by atoms with Crippen molar-refractivity contribution in [3.63, 3.8) is 0 Å². The third-order valence-electron chi connectivity index (χ3n) is 2.94. The summed E-state index contributed by atoms with van der Waals surface area (Å²) in [5.41, 5.74) is 1.39. The van der Waals surface area contributed by atoms with Crippen LogP contribution in [-0.4, -0.2) is 10.5 Å². The number of thiophene rings is 1. The highest BCUT2D eigenvalue weighted by Gasteiger charge is 2.17. The van der Waals surface area contributed by atoms with Crippen molar-refractivity contribution in [3.8, 4) is 9.88 Å². The van der Waals surface area contributed by atoms with Crippen LogP contribution in [-0.2, 0) is 13.0 Å². The lowest BCUT2D eigenvalue weighted by molar-refractivity contribution is 0.425. The van der Waals surface area contributed by atoms with Gasteiger partial charge in [-0.15, -0.1) is 22.7 Å². The van der Waals surface area contributed by atoms with Gasteiger partial charge in [0.05, 0.1) is 10.6 Å². The van der Waals surface area contributed by atoms with Gasteiger partial charge in [-0.05, 0) is 55.1 Å². The monoisotopic (exact) mass is 386 g/mol. The van der Waals surface area contributed by atoms with Gasteiger partial charge in [0.25, 0.3) is 0 Å². The molecule has 116 valence electrons. The van der Waals surface area contributed by atoms with Gasteiger partial charge in [-0.1, -0.05) is 13.8 Å². The van der Waals surface area contributed by atoms with Gasteiger partial charge in [0.1, 0.15) is 5.01 Å². The van der Waals surface area contributed by atoms with Gasteiger partial charge < -0.3 is 5.32 Å². The molecule has 1 N–H and O–H groups in total. The van der Waals surface area contributed by atoms with E-state index in [1.165, 1.54) is 15.4 Å². The first-order valence-corrected chi connectivity index (χ1v) is 9.71. The molecule has 5 heteroatoms. The van der Waals surface area contributed by atoms with Crippen LogP contribution in [0.4, 0.5) is 0 Å². The average molecular weight is 387 g/mol. The molecule has 0 aliphatic heterocycles. The summed E-state index contributed by atoms with van der Waals surface area (Å²) < 4.78 is 1.14. The molecule has 0 amide bonds. The van der Waals surface area contributed by atoms with E-state index in [9.17, 15) is 0 Å². The van der Waals surface area contributed by atoms with E-state index in [1.807, 2.05) is 11.3 Å². The normalized spacial score (nSPS) is 12.3. The number of nitrogens with zero attached hydrogens (tertiary/aromatic N) is 1. The standard InChI is InChI=1S/C16H23BrN2S2/c1-10(2)6-12-14(8-18-16(3,4)5)21-15(19-12)13-7-11(17)9-20-13/h7,9-10,18H,6,8H2,1-5H3. The van der Waals surface area contributed by atoms with E-state index >= 15 is 0 Å². The summed E-state index contributed by atoms with van der Waals surface area (Å²) in [5.74, 6) is 0.628. The van der Waals surface area contributed by atoms with Crippen molar-refractivity contribution in [3.05, 3.63) is 26.5 Å². The second-order valence-corrected chi connectivity index (χ2v) is 9.63. The molecule has 2 nitrogen and oxygen atoms in total.